The van der Waals surface area contributed by atoms with Crippen LogP contribution in [0.2, 0.25) is 5.28 Å². The second kappa shape index (κ2) is 9.26. The van der Waals surface area contributed by atoms with Crippen LogP contribution in [-0.4, -0.2) is 62.2 Å². The third-order valence-corrected chi connectivity index (χ3v) is 4.66. The van der Waals surface area contributed by atoms with Crippen LogP contribution in [0.4, 0.5) is 0 Å². The summed E-state index contributed by atoms with van der Waals surface area (Å²) in [4.78, 5) is 7.41. The number of halogens is 1. The Hall–Kier alpha value is -0.800. The molecule has 1 aromatic rings. The number of sulfonamides is 1. The summed E-state index contributed by atoms with van der Waals surface area (Å²) in [5, 5.41) is 0.00383. The van der Waals surface area contributed by atoms with Gasteiger partial charge < -0.3 is 9.47 Å². The lowest BCUT2D eigenvalue weighted by molar-refractivity contribution is 0.110. The first-order valence-corrected chi connectivity index (χ1v) is 8.47. The molecule has 0 spiro atoms. The highest BCUT2D eigenvalue weighted by atomic mass is 35.5. The third kappa shape index (κ3) is 5.84. The summed E-state index contributed by atoms with van der Waals surface area (Å²) >= 11 is 5.58. The smallest absolute Gasteiger partial charge is 0.246 e. The Morgan fingerprint density at radius 2 is 1.57 bits per heavy atom. The molecule has 0 saturated carbocycles. The van der Waals surface area contributed by atoms with E-state index in [-0.39, 0.29) is 23.3 Å². The quantitative estimate of drug-likeness (QED) is 0.471. The maximum absolute atomic E-state index is 12.5. The number of nitrogens with zero attached hydrogens (tertiary/aromatic N) is 3. The normalized spacial score (nSPS) is 12.0. The number of hydrogen-bond acceptors (Lipinski definition) is 6. The molecule has 0 aliphatic heterocycles. The highest BCUT2D eigenvalue weighted by Gasteiger charge is 2.24. The van der Waals surface area contributed by atoms with Gasteiger partial charge in [0.15, 0.2) is 0 Å². The van der Waals surface area contributed by atoms with Crippen molar-refractivity contribution in [2.24, 2.45) is 0 Å². The number of ether oxygens (including phenoxy) is 2. The number of aromatic nitrogens is 2. The molecule has 0 aliphatic rings. The van der Waals surface area contributed by atoms with Crippen LogP contribution < -0.4 is 0 Å². The molecule has 0 aromatic carbocycles. The molecular weight excluding hydrogens is 318 g/mol. The minimum Gasteiger partial charge on any atom is -0.380 e. The Morgan fingerprint density at radius 3 is 2.00 bits per heavy atom. The third-order valence-electron chi connectivity index (χ3n) is 2.61. The Balaban J connectivity index is 2.84. The van der Waals surface area contributed by atoms with E-state index in [1.54, 1.807) is 0 Å². The summed E-state index contributed by atoms with van der Waals surface area (Å²) in [6, 6.07) is 0. The van der Waals surface area contributed by atoms with Gasteiger partial charge in [0.2, 0.25) is 15.3 Å². The van der Waals surface area contributed by atoms with E-state index < -0.39 is 10.0 Å². The lowest BCUT2D eigenvalue weighted by Crippen LogP contribution is -2.36. The molecule has 1 heterocycles. The molecule has 0 aliphatic carbocycles. The van der Waals surface area contributed by atoms with Crippen molar-refractivity contribution < 1.29 is 17.9 Å². The minimum absolute atomic E-state index is 0.0000954. The zero-order valence-corrected chi connectivity index (χ0v) is 13.7. The first-order chi connectivity index (χ1) is 10.0. The maximum atomic E-state index is 12.5. The van der Waals surface area contributed by atoms with Crippen molar-refractivity contribution >= 4 is 21.6 Å². The summed E-state index contributed by atoms with van der Waals surface area (Å²) < 4.78 is 36.8. The van der Waals surface area contributed by atoms with E-state index >= 15 is 0 Å². The van der Waals surface area contributed by atoms with Crippen LogP contribution >= 0.6 is 11.6 Å². The molecule has 21 heavy (non-hydrogen) atoms. The molecule has 0 saturated heterocycles. The molecule has 7 nitrogen and oxygen atoms in total. The van der Waals surface area contributed by atoms with Gasteiger partial charge in [0.25, 0.3) is 0 Å². The SMILES string of the molecule is CCOCCN(CCOCC)S(=O)(=O)c1cnc(Cl)nc1. The van der Waals surface area contributed by atoms with Crippen LogP contribution in [-0.2, 0) is 19.5 Å². The van der Waals surface area contributed by atoms with Crippen molar-refractivity contribution in [1.82, 2.24) is 14.3 Å². The molecule has 0 radical (unpaired) electrons. The van der Waals surface area contributed by atoms with Crippen molar-refractivity contribution in [2.45, 2.75) is 18.7 Å². The molecule has 0 atom stereocenters. The molecule has 0 amide bonds. The van der Waals surface area contributed by atoms with Crippen LogP contribution in [0.3, 0.4) is 0 Å². The van der Waals surface area contributed by atoms with Gasteiger partial charge in [-0.3, -0.25) is 0 Å². The van der Waals surface area contributed by atoms with Gasteiger partial charge in [-0.1, -0.05) is 0 Å². The molecule has 0 fully saturated rings. The van der Waals surface area contributed by atoms with E-state index in [4.69, 9.17) is 21.1 Å². The zero-order valence-electron chi connectivity index (χ0n) is 12.2. The van der Waals surface area contributed by atoms with E-state index in [9.17, 15) is 8.42 Å². The van der Waals surface area contributed by atoms with Crippen molar-refractivity contribution in [3.63, 3.8) is 0 Å². The van der Waals surface area contributed by atoms with E-state index in [2.05, 4.69) is 9.97 Å². The molecule has 120 valence electrons. The van der Waals surface area contributed by atoms with Gasteiger partial charge >= 0.3 is 0 Å². The predicted octanol–water partition coefficient (Wildman–Crippen LogP) is 1.19. The summed E-state index contributed by atoms with van der Waals surface area (Å²) in [7, 11) is -3.69. The molecule has 0 bridgehead atoms. The van der Waals surface area contributed by atoms with Crippen LogP contribution in [0.15, 0.2) is 17.3 Å². The number of hydrogen-bond donors (Lipinski definition) is 0. The molecular formula is C12H20ClN3O4S. The van der Waals surface area contributed by atoms with Crippen molar-refractivity contribution in [1.29, 1.82) is 0 Å². The van der Waals surface area contributed by atoms with Crippen molar-refractivity contribution in [3.05, 3.63) is 17.7 Å². The van der Waals surface area contributed by atoms with Crippen LogP contribution in [0, 0.1) is 0 Å². The van der Waals surface area contributed by atoms with E-state index in [1.165, 1.54) is 16.7 Å². The Kier molecular flexibility index (Phi) is 8.05. The summed E-state index contributed by atoms with van der Waals surface area (Å²) in [6.45, 7) is 5.88. The monoisotopic (exact) mass is 337 g/mol. The highest BCUT2D eigenvalue weighted by molar-refractivity contribution is 7.89. The van der Waals surface area contributed by atoms with E-state index in [0.29, 0.717) is 26.4 Å². The van der Waals surface area contributed by atoms with Gasteiger partial charge in [-0.15, -0.1) is 0 Å². The lowest BCUT2D eigenvalue weighted by Gasteiger charge is -2.21. The fraction of sp³-hybridized carbons (Fsp3) is 0.667. The van der Waals surface area contributed by atoms with Gasteiger partial charge in [-0.05, 0) is 25.4 Å². The van der Waals surface area contributed by atoms with E-state index in [1.807, 2.05) is 13.8 Å². The van der Waals surface area contributed by atoms with Crippen LogP contribution in [0.25, 0.3) is 0 Å². The Morgan fingerprint density at radius 1 is 1.10 bits per heavy atom. The molecule has 1 aromatic heterocycles. The molecule has 0 unspecified atom stereocenters. The summed E-state index contributed by atoms with van der Waals surface area (Å²) in [6.07, 6.45) is 2.39. The van der Waals surface area contributed by atoms with Crippen LogP contribution in [0.1, 0.15) is 13.8 Å². The molecule has 0 N–H and O–H groups in total. The predicted molar refractivity (Wildman–Crippen MR) is 78.8 cm³/mol. The minimum atomic E-state index is -3.69. The van der Waals surface area contributed by atoms with Crippen molar-refractivity contribution in [3.8, 4) is 0 Å². The van der Waals surface area contributed by atoms with Gasteiger partial charge in [0, 0.05) is 26.3 Å². The molecule has 1 rings (SSSR count). The fourth-order valence-corrected chi connectivity index (χ4v) is 2.95. The summed E-state index contributed by atoms with van der Waals surface area (Å²) in [5.74, 6) is 0. The topological polar surface area (TPSA) is 81.6 Å². The maximum Gasteiger partial charge on any atom is 0.246 e. The largest absolute Gasteiger partial charge is 0.380 e. The first-order valence-electron chi connectivity index (χ1n) is 6.65. The summed E-state index contributed by atoms with van der Waals surface area (Å²) in [5.41, 5.74) is 0. The van der Waals surface area contributed by atoms with Gasteiger partial charge in [0.1, 0.15) is 4.90 Å². The van der Waals surface area contributed by atoms with Crippen molar-refractivity contribution in [2.75, 3.05) is 39.5 Å². The second-order valence-corrected chi connectivity index (χ2v) is 6.26. The Bertz CT molecular complexity index is 500. The first kappa shape index (κ1) is 18.2. The lowest BCUT2D eigenvalue weighted by atomic mass is 10.6. The average molecular weight is 338 g/mol. The molecule has 9 heteroatoms. The Labute approximate surface area is 130 Å². The fourth-order valence-electron chi connectivity index (χ4n) is 1.56. The standard InChI is InChI=1S/C12H20ClN3O4S/c1-3-19-7-5-16(6-8-20-4-2)21(17,18)11-9-14-12(13)15-10-11/h9-10H,3-8H2,1-2H3. The van der Waals surface area contributed by atoms with Gasteiger partial charge in [-0.25, -0.2) is 18.4 Å². The van der Waals surface area contributed by atoms with Crippen LogP contribution in [0.5, 0.6) is 0 Å². The highest BCUT2D eigenvalue weighted by Crippen LogP contribution is 2.14. The second-order valence-electron chi connectivity index (χ2n) is 3.99. The van der Waals surface area contributed by atoms with Gasteiger partial charge in [-0.2, -0.15) is 4.31 Å². The average Bonchev–Trinajstić information content (AvgIpc) is 2.46. The van der Waals surface area contributed by atoms with Gasteiger partial charge in [0.05, 0.1) is 25.6 Å². The zero-order chi connectivity index (χ0) is 15.7. The number of rotatable bonds is 10. The van der Waals surface area contributed by atoms with E-state index in [0.717, 1.165) is 0 Å².